The van der Waals surface area contributed by atoms with Gasteiger partial charge in [-0.1, -0.05) is 48.5 Å². The lowest BCUT2D eigenvalue weighted by molar-refractivity contribution is 0.262. The first kappa shape index (κ1) is 15.0. The second-order valence-electron chi connectivity index (χ2n) is 5.80. The lowest BCUT2D eigenvalue weighted by Gasteiger charge is -2.08. The Morgan fingerprint density at radius 3 is 2.28 bits per heavy atom. The van der Waals surface area contributed by atoms with Crippen LogP contribution in [0.25, 0.3) is 22.2 Å². The molecule has 0 atom stereocenters. The quantitative estimate of drug-likeness (QED) is 0.458. The number of amides is 2. The molecule has 0 bridgehead atoms. The Bertz CT molecular complexity index is 988. The Balaban J connectivity index is 1.54. The van der Waals surface area contributed by atoms with Gasteiger partial charge >= 0.3 is 6.03 Å². The van der Waals surface area contributed by atoms with E-state index >= 15 is 0 Å². The van der Waals surface area contributed by atoms with Gasteiger partial charge in [-0.05, 0) is 36.4 Å². The van der Waals surface area contributed by atoms with E-state index in [0.29, 0.717) is 0 Å². The average Bonchev–Trinajstić information content (AvgIpc) is 3.07. The van der Waals surface area contributed by atoms with Gasteiger partial charge in [-0.15, -0.1) is 0 Å². The average molecular weight is 327 g/mol. The normalized spacial score (nSPS) is 10.6. The highest BCUT2D eigenvalue weighted by Crippen LogP contribution is 2.26. The number of urea groups is 1. The van der Waals surface area contributed by atoms with Crippen molar-refractivity contribution in [1.29, 1.82) is 0 Å². The van der Waals surface area contributed by atoms with Crippen LogP contribution < -0.4 is 10.6 Å². The molecule has 3 aromatic carbocycles. The number of carbonyl (C=O) groups excluding carboxylic acids is 1. The second-order valence-corrected chi connectivity index (χ2v) is 5.80. The van der Waals surface area contributed by atoms with E-state index in [2.05, 4.69) is 27.8 Å². The number of anilines is 2. The number of nitrogens with one attached hydrogen (secondary N) is 3. The van der Waals surface area contributed by atoms with Crippen LogP contribution in [0.2, 0.25) is 0 Å². The van der Waals surface area contributed by atoms with Crippen molar-refractivity contribution in [3.63, 3.8) is 0 Å². The molecular weight excluding hydrogens is 310 g/mol. The summed E-state index contributed by atoms with van der Waals surface area (Å²) < 4.78 is 0. The van der Waals surface area contributed by atoms with Crippen LogP contribution in [0.5, 0.6) is 0 Å². The zero-order valence-electron chi connectivity index (χ0n) is 13.5. The SMILES string of the molecule is O=C(Nc1ccccc1)Nc1cccc(-c2cc3ccccc3[nH]2)c1. The maximum Gasteiger partial charge on any atom is 0.323 e. The van der Waals surface area contributed by atoms with E-state index in [0.717, 1.165) is 33.5 Å². The first-order chi connectivity index (χ1) is 12.3. The lowest BCUT2D eigenvalue weighted by atomic mass is 10.1. The van der Waals surface area contributed by atoms with Crippen LogP contribution in [-0.2, 0) is 0 Å². The summed E-state index contributed by atoms with van der Waals surface area (Å²) >= 11 is 0. The number of benzene rings is 3. The van der Waals surface area contributed by atoms with Crippen molar-refractivity contribution in [2.75, 3.05) is 10.6 Å². The Morgan fingerprint density at radius 2 is 1.44 bits per heavy atom. The summed E-state index contributed by atoms with van der Waals surface area (Å²) in [6.45, 7) is 0. The predicted octanol–water partition coefficient (Wildman–Crippen LogP) is 5.48. The van der Waals surface area contributed by atoms with Crippen molar-refractivity contribution >= 4 is 28.3 Å². The molecule has 0 aliphatic carbocycles. The Kier molecular flexibility index (Phi) is 3.92. The summed E-state index contributed by atoms with van der Waals surface area (Å²) in [6, 6.07) is 27.1. The van der Waals surface area contributed by atoms with Crippen molar-refractivity contribution in [2.45, 2.75) is 0 Å². The van der Waals surface area contributed by atoms with Gasteiger partial charge in [0.2, 0.25) is 0 Å². The van der Waals surface area contributed by atoms with Crippen LogP contribution in [0.1, 0.15) is 0 Å². The van der Waals surface area contributed by atoms with E-state index in [-0.39, 0.29) is 6.03 Å². The highest BCUT2D eigenvalue weighted by molar-refractivity contribution is 6.00. The fourth-order valence-corrected chi connectivity index (χ4v) is 2.81. The Morgan fingerprint density at radius 1 is 0.720 bits per heavy atom. The number of rotatable bonds is 3. The third-order valence-corrected chi connectivity index (χ3v) is 3.99. The van der Waals surface area contributed by atoms with Gasteiger partial charge < -0.3 is 15.6 Å². The zero-order valence-corrected chi connectivity index (χ0v) is 13.5. The molecule has 0 aliphatic heterocycles. The van der Waals surface area contributed by atoms with Crippen molar-refractivity contribution in [2.24, 2.45) is 0 Å². The molecule has 1 aromatic heterocycles. The molecule has 25 heavy (non-hydrogen) atoms. The van der Waals surface area contributed by atoms with E-state index in [1.807, 2.05) is 72.8 Å². The minimum Gasteiger partial charge on any atom is -0.355 e. The topological polar surface area (TPSA) is 56.9 Å². The maximum absolute atomic E-state index is 12.1. The van der Waals surface area contributed by atoms with E-state index in [1.165, 1.54) is 0 Å². The first-order valence-corrected chi connectivity index (χ1v) is 8.09. The summed E-state index contributed by atoms with van der Waals surface area (Å²) in [6.07, 6.45) is 0. The number of para-hydroxylation sites is 2. The number of hydrogen-bond acceptors (Lipinski definition) is 1. The standard InChI is InChI=1S/C21H17N3O/c25-21(22-17-9-2-1-3-10-17)23-18-11-6-8-15(13-18)20-14-16-7-4-5-12-19(16)24-20/h1-14,24H,(H2,22,23,25). The van der Waals surface area contributed by atoms with Gasteiger partial charge in [-0.3, -0.25) is 0 Å². The van der Waals surface area contributed by atoms with Crippen LogP contribution in [0.4, 0.5) is 16.2 Å². The molecule has 4 aromatic rings. The summed E-state index contributed by atoms with van der Waals surface area (Å²) in [4.78, 5) is 15.5. The number of H-pyrrole nitrogens is 1. The molecule has 0 saturated carbocycles. The van der Waals surface area contributed by atoms with Gasteiger partial charge in [0.05, 0.1) is 0 Å². The molecule has 0 fully saturated rings. The van der Waals surface area contributed by atoms with Gasteiger partial charge in [0.25, 0.3) is 0 Å². The maximum atomic E-state index is 12.1. The first-order valence-electron chi connectivity index (χ1n) is 8.09. The summed E-state index contributed by atoms with van der Waals surface area (Å²) in [5.74, 6) is 0. The largest absolute Gasteiger partial charge is 0.355 e. The van der Waals surface area contributed by atoms with Gasteiger partial charge in [0, 0.05) is 33.5 Å². The van der Waals surface area contributed by atoms with Crippen molar-refractivity contribution in [1.82, 2.24) is 4.98 Å². The molecule has 0 saturated heterocycles. The van der Waals surface area contributed by atoms with Gasteiger partial charge in [0.1, 0.15) is 0 Å². The van der Waals surface area contributed by atoms with Crippen molar-refractivity contribution < 1.29 is 4.79 Å². The number of carbonyl (C=O) groups is 1. The molecule has 4 nitrogen and oxygen atoms in total. The highest BCUT2D eigenvalue weighted by Gasteiger charge is 2.06. The van der Waals surface area contributed by atoms with Gasteiger partial charge in [-0.25, -0.2) is 4.79 Å². The predicted molar refractivity (Wildman–Crippen MR) is 103 cm³/mol. The van der Waals surface area contributed by atoms with Crippen LogP contribution >= 0.6 is 0 Å². The van der Waals surface area contributed by atoms with Crippen LogP contribution in [0.3, 0.4) is 0 Å². The molecule has 4 rings (SSSR count). The smallest absolute Gasteiger partial charge is 0.323 e. The van der Waals surface area contributed by atoms with Gasteiger partial charge in [-0.2, -0.15) is 0 Å². The molecule has 0 unspecified atom stereocenters. The van der Waals surface area contributed by atoms with Crippen LogP contribution in [0, 0.1) is 0 Å². The number of aromatic nitrogens is 1. The fourth-order valence-electron chi connectivity index (χ4n) is 2.81. The zero-order chi connectivity index (χ0) is 17.1. The third kappa shape index (κ3) is 3.38. The van der Waals surface area contributed by atoms with Crippen LogP contribution in [0.15, 0.2) is 84.9 Å². The molecule has 0 radical (unpaired) electrons. The minimum atomic E-state index is -0.264. The molecule has 4 heteroatoms. The molecule has 3 N–H and O–H groups in total. The summed E-state index contributed by atoms with van der Waals surface area (Å²) in [5.41, 5.74) is 4.64. The van der Waals surface area contributed by atoms with Gasteiger partial charge in [0.15, 0.2) is 0 Å². The number of fused-ring (bicyclic) bond motifs is 1. The molecule has 0 spiro atoms. The van der Waals surface area contributed by atoms with Crippen molar-refractivity contribution in [3.8, 4) is 11.3 Å². The van der Waals surface area contributed by atoms with E-state index in [1.54, 1.807) is 0 Å². The third-order valence-electron chi connectivity index (χ3n) is 3.99. The van der Waals surface area contributed by atoms with Crippen LogP contribution in [-0.4, -0.2) is 11.0 Å². The molecule has 2 amide bonds. The highest BCUT2D eigenvalue weighted by atomic mass is 16.2. The molecule has 0 aliphatic rings. The van der Waals surface area contributed by atoms with E-state index in [9.17, 15) is 4.79 Å². The Hall–Kier alpha value is -3.53. The van der Waals surface area contributed by atoms with E-state index in [4.69, 9.17) is 0 Å². The molecular formula is C21H17N3O. The number of hydrogen-bond donors (Lipinski definition) is 3. The summed E-state index contributed by atoms with van der Waals surface area (Å²) in [7, 11) is 0. The van der Waals surface area contributed by atoms with E-state index < -0.39 is 0 Å². The Labute approximate surface area is 145 Å². The monoisotopic (exact) mass is 327 g/mol. The second kappa shape index (κ2) is 6.53. The lowest BCUT2D eigenvalue weighted by Crippen LogP contribution is -2.19. The van der Waals surface area contributed by atoms with Crippen molar-refractivity contribution in [3.05, 3.63) is 84.9 Å². The fraction of sp³-hybridized carbons (Fsp3) is 0. The number of aromatic amines is 1. The minimum absolute atomic E-state index is 0.264. The summed E-state index contributed by atoms with van der Waals surface area (Å²) in [5, 5.41) is 6.85. The molecule has 1 heterocycles. The molecule has 122 valence electrons.